The van der Waals surface area contributed by atoms with Crippen molar-refractivity contribution in [2.45, 2.75) is 10.6 Å². The molecule has 0 saturated carbocycles. The zero-order chi connectivity index (χ0) is 14.0. The number of anilines is 1. The SMILES string of the molecule is Nc1cc(Br)cc(CS(=O)c2ccc(F)c(Cl)c2)c1. The van der Waals surface area contributed by atoms with E-state index in [1.165, 1.54) is 18.2 Å². The highest BCUT2D eigenvalue weighted by Gasteiger charge is 2.09. The highest BCUT2D eigenvalue weighted by molar-refractivity contribution is 9.10. The Kier molecular flexibility index (Phi) is 4.60. The van der Waals surface area contributed by atoms with Crippen molar-refractivity contribution in [1.29, 1.82) is 0 Å². The Morgan fingerprint density at radius 3 is 2.63 bits per heavy atom. The zero-order valence-corrected chi connectivity index (χ0v) is 12.9. The van der Waals surface area contributed by atoms with Crippen LogP contribution in [0.1, 0.15) is 5.56 Å². The fourth-order valence-corrected chi connectivity index (χ4v) is 3.52. The quantitative estimate of drug-likeness (QED) is 0.834. The first-order chi connectivity index (χ1) is 8.95. The molecule has 0 fully saturated rings. The summed E-state index contributed by atoms with van der Waals surface area (Å²) in [4.78, 5) is 0.491. The fraction of sp³-hybridized carbons (Fsp3) is 0.0769. The number of hydrogen-bond acceptors (Lipinski definition) is 2. The van der Waals surface area contributed by atoms with Crippen LogP contribution in [0.15, 0.2) is 45.8 Å². The summed E-state index contributed by atoms with van der Waals surface area (Å²) in [6.45, 7) is 0. The molecule has 2 rings (SSSR count). The molecular formula is C13H10BrClFNOS. The van der Waals surface area contributed by atoms with Gasteiger partial charge in [0.15, 0.2) is 0 Å². The van der Waals surface area contributed by atoms with Crippen LogP contribution in [0, 0.1) is 5.82 Å². The Balaban J connectivity index is 2.22. The summed E-state index contributed by atoms with van der Waals surface area (Å²) in [5.41, 5.74) is 7.15. The molecule has 2 nitrogen and oxygen atoms in total. The minimum Gasteiger partial charge on any atom is -0.399 e. The topological polar surface area (TPSA) is 43.1 Å². The van der Waals surface area contributed by atoms with Crippen LogP contribution >= 0.6 is 27.5 Å². The molecule has 0 heterocycles. The predicted octanol–water partition coefficient (Wildman–Crippen LogP) is 4.13. The molecule has 1 atom stereocenters. The molecule has 0 aromatic heterocycles. The largest absolute Gasteiger partial charge is 0.399 e. The van der Waals surface area contributed by atoms with Gasteiger partial charge in [0.2, 0.25) is 0 Å². The molecule has 0 amide bonds. The van der Waals surface area contributed by atoms with E-state index in [1.807, 2.05) is 6.07 Å². The monoisotopic (exact) mass is 361 g/mol. The number of nitrogen functional groups attached to an aromatic ring is 1. The lowest BCUT2D eigenvalue weighted by atomic mass is 10.2. The first-order valence-corrected chi connectivity index (χ1v) is 7.83. The Morgan fingerprint density at radius 1 is 1.26 bits per heavy atom. The maximum atomic E-state index is 13.0. The van der Waals surface area contributed by atoms with Crippen LogP contribution in [0.2, 0.25) is 5.02 Å². The van der Waals surface area contributed by atoms with Gasteiger partial charge in [-0.1, -0.05) is 27.5 Å². The van der Waals surface area contributed by atoms with E-state index in [9.17, 15) is 8.60 Å². The summed E-state index contributed by atoms with van der Waals surface area (Å²) in [5, 5.41) is -0.0281. The summed E-state index contributed by atoms with van der Waals surface area (Å²) in [6.07, 6.45) is 0. The Bertz CT molecular complexity index is 630. The maximum absolute atomic E-state index is 13.0. The molecule has 2 N–H and O–H groups in total. The summed E-state index contributed by atoms with van der Waals surface area (Å²) in [6, 6.07) is 9.44. The minimum atomic E-state index is -1.30. The summed E-state index contributed by atoms with van der Waals surface area (Å²) in [5.74, 6) is -0.222. The van der Waals surface area contributed by atoms with Gasteiger partial charge in [-0.05, 0) is 42.0 Å². The Morgan fingerprint density at radius 2 is 2.00 bits per heavy atom. The van der Waals surface area contributed by atoms with E-state index < -0.39 is 16.6 Å². The van der Waals surface area contributed by atoms with Gasteiger partial charge < -0.3 is 5.73 Å². The van der Waals surface area contributed by atoms with Crippen LogP contribution in [0.25, 0.3) is 0 Å². The van der Waals surface area contributed by atoms with Crippen LogP contribution < -0.4 is 5.73 Å². The first kappa shape index (κ1) is 14.5. The van der Waals surface area contributed by atoms with E-state index in [2.05, 4.69) is 15.9 Å². The summed E-state index contributed by atoms with van der Waals surface area (Å²) < 4.78 is 26.0. The van der Waals surface area contributed by atoms with Gasteiger partial charge >= 0.3 is 0 Å². The van der Waals surface area contributed by atoms with Crippen LogP contribution in [-0.4, -0.2) is 4.21 Å². The lowest BCUT2D eigenvalue weighted by Crippen LogP contribution is -1.98. The van der Waals surface area contributed by atoms with E-state index in [4.69, 9.17) is 17.3 Å². The molecule has 0 radical (unpaired) electrons. The zero-order valence-electron chi connectivity index (χ0n) is 9.70. The highest BCUT2D eigenvalue weighted by Crippen LogP contribution is 2.22. The standard InChI is InChI=1S/C13H10BrClFNOS/c14-9-3-8(4-10(17)5-9)7-19(18)11-1-2-13(16)12(15)6-11/h1-6H,7,17H2. The molecule has 19 heavy (non-hydrogen) atoms. The molecule has 0 aliphatic carbocycles. The fourth-order valence-electron chi connectivity index (χ4n) is 1.61. The van der Waals surface area contributed by atoms with E-state index in [1.54, 1.807) is 12.1 Å². The number of halogens is 3. The Hall–Kier alpha value is -0.910. The molecule has 2 aromatic carbocycles. The van der Waals surface area contributed by atoms with E-state index >= 15 is 0 Å². The third kappa shape index (κ3) is 3.78. The first-order valence-electron chi connectivity index (χ1n) is 5.34. The molecular weight excluding hydrogens is 353 g/mol. The molecule has 1 unspecified atom stereocenters. The van der Waals surface area contributed by atoms with Crippen LogP contribution in [-0.2, 0) is 16.6 Å². The normalized spacial score (nSPS) is 12.4. The molecule has 0 saturated heterocycles. The smallest absolute Gasteiger partial charge is 0.141 e. The number of hydrogen-bond donors (Lipinski definition) is 1. The second-order valence-electron chi connectivity index (χ2n) is 3.96. The molecule has 100 valence electrons. The highest BCUT2D eigenvalue weighted by atomic mass is 79.9. The van der Waals surface area contributed by atoms with Gasteiger partial charge in [0.1, 0.15) is 5.82 Å². The molecule has 0 aliphatic heterocycles. The van der Waals surface area contributed by atoms with E-state index in [-0.39, 0.29) is 5.02 Å². The van der Waals surface area contributed by atoms with Crippen molar-refractivity contribution in [2.75, 3.05) is 5.73 Å². The van der Waals surface area contributed by atoms with Crippen LogP contribution in [0.3, 0.4) is 0 Å². The van der Waals surface area contributed by atoms with Gasteiger partial charge in [-0.15, -0.1) is 0 Å². The van der Waals surface area contributed by atoms with Crippen molar-refractivity contribution in [3.8, 4) is 0 Å². The lowest BCUT2D eigenvalue weighted by Gasteiger charge is -2.05. The average Bonchev–Trinajstić information content (AvgIpc) is 2.31. The Labute approximate surface area is 126 Å². The molecule has 0 spiro atoms. The molecule has 0 aliphatic rings. The van der Waals surface area contributed by atoms with Crippen LogP contribution in [0.4, 0.5) is 10.1 Å². The van der Waals surface area contributed by atoms with Crippen molar-refractivity contribution in [3.05, 3.63) is 57.3 Å². The van der Waals surface area contributed by atoms with E-state index in [0.717, 1.165) is 10.0 Å². The molecule has 6 heteroatoms. The lowest BCUT2D eigenvalue weighted by molar-refractivity contribution is 0.626. The van der Waals surface area contributed by atoms with Crippen molar-refractivity contribution in [1.82, 2.24) is 0 Å². The van der Waals surface area contributed by atoms with Crippen molar-refractivity contribution in [2.24, 2.45) is 0 Å². The molecule has 0 bridgehead atoms. The van der Waals surface area contributed by atoms with Crippen LogP contribution in [0.5, 0.6) is 0 Å². The van der Waals surface area contributed by atoms with Crippen molar-refractivity contribution >= 4 is 44.0 Å². The summed E-state index contributed by atoms with van der Waals surface area (Å²) in [7, 11) is -1.30. The maximum Gasteiger partial charge on any atom is 0.141 e. The van der Waals surface area contributed by atoms with Gasteiger partial charge in [0.05, 0.1) is 21.6 Å². The second kappa shape index (κ2) is 6.03. The van der Waals surface area contributed by atoms with Gasteiger partial charge in [-0.25, -0.2) is 4.39 Å². The average molecular weight is 363 g/mol. The number of benzene rings is 2. The summed E-state index contributed by atoms with van der Waals surface area (Å²) >= 11 is 9.01. The van der Waals surface area contributed by atoms with Gasteiger partial charge in [-0.3, -0.25) is 4.21 Å². The number of rotatable bonds is 3. The third-order valence-corrected chi connectivity index (χ3v) is 4.55. The van der Waals surface area contributed by atoms with Gasteiger partial charge in [0.25, 0.3) is 0 Å². The van der Waals surface area contributed by atoms with Crippen molar-refractivity contribution < 1.29 is 8.60 Å². The predicted molar refractivity (Wildman–Crippen MR) is 80.1 cm³/mol. The van der Waals surface area contributed by atoms with E-state index in [0.29, 0.717) is 16.3 Å². The van der Waals surface area contributed by atoms with Gasteiger partial charge in [0, 0.05) is 15.1 Å². The second-order valence-corrected chi connectivity index (χ2v) is 6.73. The third-order valence-electron chi connectivity index (χ3n) is 2.43. The number of nitrogens with two attached hydrogens (primary N) is 1. The minimum absolute atomic E-state index is 0.0281. The van der Waals surface area contributed by atoms with Gasteiger partial charge in [-0.2, -0.15) is 0 Å². The molecule has 2 aromatic rings. The van der Waals surface area contributed by atoms with Crippen molar-refractivity contribution in [3.63, 3.8) is 0 Å².